The van der Waals surface area contributed by atoms with Gasteiger partial charge in [0.15, 0.2) is 0 Å². The molecular weight excluding hydrogens is 204 g/mol. The van der Waals surface area contributed by atoms with Crippen molar-refractivity contribution >= 4 is 5.91 Å². The number of nitrogens with one attached hydrogen (secondary N) is 2. The van der Waals surface area contributed by atoms with E-state index < -0.39 is 0 Å². The van der Waals surface area contributed by atoms with Crippen LogP contribution >= 0.6 is 0 Å². The van der Waals surface area contributed by atoms with Gasteiger partial charge in [0, 0.05) is 12.6 Å². The zero-order valence-electron chi connectivity index (χ0n) is 9.74. The fourth-order valence-corrected chi connectivity index (χ4v) is 2.54. The van der Waals surface area contributed by atoms with Crippen molar-refractivity contribution in [1.29, 1.82) is 0 Å². The van der Waals surface area contributed by atoms with Crippen LogP contribution in [0, 0.1) is 0 Å². The first-order valence-corrected chi connectivity index (χ1v) is 6.01. The van der Waals surface area contributed by atoms with Gasteiger partial charge in [0.1, 0.15) is 0 Å². The summed E-state index contributed by atoms with van der Waals surface area (Å²) in [6.45, 7) is 5.99. The minimum atomic E-state index is -0.159. The van der Waals surface area contributed by atoms with E-state index in [4.69, 9.17) is 4.74 Å². The van der Waals surface area contributed by atoms with Crippen molar-refractivity contribution in [3.63, 3.8) is 0 Å². The molecule has 0 radical (unpaired) electrons. The van der Waals surface area contributed by atoms with Gasteiger partial charge in [0.2, 0.25) is 5.91 Å². The second-order valence-corrected chi connectivity index (χ2v) is 4.64. The van der Waals surface area contributed by atoms with Gasteiger partial charge in [0.05, 0.1) is 18.2 Å². The summed E-state index contributed by atoms with van der Waals surface area (Å²) in [5.74, 6) is 0.0303. The van der Waals surface area contributed by atoms with Crippen LogP contribution in [-0.4, -0.2) is 36.7 Å². The van der Waals surface area contributed by atoms with Crippen molar-refractivity contribution in [1.82, 2.24) is 10.6 Å². The molecule has 2 rings (SSSR count). The number of carbonyl (C=O) groups excluding carboxylic acids is 1. The molecule has 0 aliphatic carbocycles. The third kappa shape index (κ3) is 2.44. The van der Waals surface area contributed by atoms with Crippen LogP contribution in [-0.2, 0) is 9.53 Å². The molecule has 1 amide bonds. The minimum Gasteiger partial charge on any atom is -0.373 e. The molecule has 0 aromatic heterocycles. The van der Waals surface area contributed by atoms with Gasteiger partial charge < -0.3 is 15.4 Å². The Kier molecular flexibility index (Phi) is 3.61. The predicted octanol–water partition coefficient (Wildman–Crippen LogP) is 0.587. The molecule has 4 unspecified atom stereocenters. The second-order valence-electron chi connectivity index (χ2n) is 4.64. The molecule has 16 heavy (non-hydrogen) atoms. The number of ether oxygens (including phenoxy) is 1. The molecule has 2 fully saturated rings. The van der Waals surface area contributed by atoms with Gasteiger partial charge in [-0.1, -0.05) is 6.08 Å². The SMILES string of the molecule is C=CCNC(=O)C(C)NC1CC2CCC1O2. The quantitative estimate of drug-likeness (QED) is 0.672. The van der Waals surface area contributed by atoms with Crippen LogP contribution in [0.1, 0.15) is 26.2 Å². The van der Waals surface area contributed by atoms with Crippen LogP contribution in [0.4, 0.5) is 0 Å². The van der Waals surface area contributed by atoms with Gasteiger partial charge in [0.25, 0.3) is 0 Å². The summed E-state index contributed by atoms with van der Waals surface area (Å²) in [6.07, 6.45) is 5.78. The Balaban J connectivity index is 1.76. The molecule has 2 aliphatic rings. The Morgan fingerprint density at radius 2 is 2.44 bits per heavy atom. The number of fused-ring (bicyclic) bond motifs is 2. The molecule has 0 saturated carbocycles. The van der Waals surface area contributed by atoms with Gasteiger partial charge in [-0.3, -0.25) is 4.79 Å². The van der Waals surface area contributed by atoms with Gasteiger partial charge in [-0.25, -0.2) is 0 Å². The van der Waals surface area contributed by atoms with Crippen molar-refractivity contribution < 1.29 is 9.53 Å². The van der Waals surface area contributed by atoms with E-state index in [1.807, 2.05) is 6.92 Å². The summed E-state index contributed by atoms with van der Waals surface area (Å²) >= 11 is 0. The van der Waals surface area contributed by atoms with Crippen LogP contribution < -0.4 is 10.6 Å². The Labute approximate surface area is 96.4 Å². The Hall–Kier alpha value is -0.870. The second kappa shape index (κ2) is 4.97. The topological polar surface area (TPSA) is 50.4 Å². The maximum Gasteiger partial charge on any atom is 0.237 e. The molecule has 0 aromatic carbocycles. The largest absolute Gasteiger partial charge is 0.373 e. The van der Waals surface area contributed by atoms with E-state index in [1.54, 1.807) is 6.08 Å². The highest BCUT2D eigenvalue weighted by Gasteiger charge is 2.41. The highest BCUT2D eigenvalue weighted by atomic mass is 16.5. The van der Waals surface area contributed by atoms with E-state index in [0.717, 1.165) is 12.8 Å². The van der Waals surface area contributed by atoms with Crippen molar-refractivity contribution in [3.8, 4) is 0 Å². The third-order valence-corrected chi connectivity index (χ3v) is 3.38. The van der Waals surface area contributed by atoms with Gasteiger partial charge in [-0.2, -0.15) is 0 Å². The van der Waals surface area contributed by atoms with E-state index >= 15 is 0 Å². The lowest BCUT2D eigenvalue weighted by Gasteiger charge is -2.23. The summed E-state index contributed by atoms with van der Waals surface area (Å²) in [4.78, 5) is 11.6. The first-order valence-electron chi connectivity index (χ1n) is 6.01. The predicted molar refractivity (Wildman–Crippen MR) is 62.1 cm³/mol. The lowest BCUT2D eigenvalue weighted by Crippen LogP contribution is -2.49. The smallest absolute Gasteiger partial charge is 0.237 e. The monoisotopic (exact) mass is 224 g/mol. The molecular formula is C12H20N2O2. The fraction of sp³-hybridized carbons (Fsp3) is 0.750. The molecule has 4 nitrogen and oxygen atoms in total. The van der Waals surface area contributed by atoms with Gasteiger partial charge in [-0.05, 0) is 26.2 Å². The lowest BCUT2D eigenvalue weighted by molar-refractivity contribution is -0.122. The number of amides is 1. The first kappa shape index (κ1) is 11.6. The van der Waals surface area contributed by atoms with Crippen LogP contribution in [0.15, 0.2) is 12.7 Å². The van der Waals surface area contributed by atoms with Crippen LogP contribution in [0.2, 0.25) is 0 Å². The van der Waals surface area contributed by atoms with Crippen molar-refractivity contribution in [3.05, 3.63) is 12.7 Å². The molecule has 4 heteroatoms. The summed E-state index contributed by atoms with van der Waals surface area (Å²) in [5, 5.41) is 6.14. The number of rotatable bonds is 5. The molecule has 2 saturated heterocycles. The Morgan fingerprint density at radius 3 is 3.00 bits per heavy atom. The maximum atomic E-state index is 11.6. The average molecular weight is 224 g/mol. The van der Waals surface area contributed by atoms with Crippen molar-refractivity contribution in [2.75, 3.05) is 6.54 Å². The molecule has 2 bridgehead atoms. The Bertz CT molecular complexity index is 280. The fourth-order valence-electron chi connectivity index (χ4n) is 2.54. The molecule has 0 aromatic rings. The summed E-state index contributed by atoms with van der Waals surface area (Å²) in [7, 11) is 0. The van der Waals surface area contributed by atoms with E-state index in [-0.39, 0.29) is 11.9 Å². The van der Waals surface area contributed by atoms with Crippen molar-refractivity contribution in [2.24, 2.45) is 0 Å². The van der Waals surface area contributed by atoms with Crippen molar-refractivity contribution in [2.45, 2.75) is 50.5 Å². The van der Waals surface area contributed by atoms with E-state index in [1.165, 1.54) is 6.42 Å². The molecule has 4 atom stereocenters. The zero-order valence-corrected chi connectivity index (χ0v) is 9.74. The summed E-state index contributed by atoms with van der Waals surface area (Å²) in [6, 6.07) is 0.191. The molecule has 90 valence electrons. The number of carbonyl (C=O) groups is 1. The van der Waals surface area contributed by atoms with Gasteiger partial charge in [-0.15, -0.1) is 6.58 Å². The third-order valence-electron chi connectivity index (χ3n) is 3.38. The van der Waals surface area contributed by atoms with Crippen LogP contribution in [0.5, 0.6) is 0 Å². The maximum absolute atomic E-state index is 11.6. The highest BCUT2D eigenvalue weighted by molar-refractivity contribution is 5.81. The van der Waals surface area contributed by atoms with E-state index in [9.17, 15) is 4.79 Å². The van der Waals surface area contributed by atoms with Crippen LogP contribution in [0.25, 0.3) is 0 Å². The lowest BCUT2D eigenvalue weighted by atomic mass is 9.95. The molecule has 0 spiro atoms. The van der Waals surface area contributed by atoms with Gasteiger partial charge >= 0.3 is 0 Å². The first-order chi connectivity index (χ1) is 7.70. The van der Waals surface area contributed by atoms with E-state index in [2.05, 4.69) is 17.2 Å². The summed E-state index contributed by atoms with van der Waals surface area (Å²) in [5.41, 5.74) is 0. The highest BCUT2D eigenvalue weighted by Crippen LogP contribution is 2.34. The van der Waals surface area contributed by atoms with Crippen LogP contribution in [0.3, 0.4) is 0 Å². The normalized spacial score (nSPS) is 33.7. The molecule has 2 N–H and O–H groups in total. The zero-order chi connectivity index (χ0) is 11.5. The standard InChI is InChI=1S/C12H20N2O2/c1-3-6-13-12(15)8(2)14-10-7-9-4-5-11(10)16-9/h3,8-11,14H,1,4-7H2,2H3,(H,13,15). The van der Waals surface area contributed by atoms with E-state index in [0.29, 0.717) is 24.8 Å². The molecule has 2 heterocycles. The minimum absolute atomic E-state index is 0.0303. The summed E-state index contributed by atoms with van der Waals surface area (Å²) < 4.78 is 5.74. The molecule has 2 aliphatic heterocycles. The Morgan fingerprint density at radius 1 is 1.62 bits per heavy atom. The average Bonchev–Trinajstić information content (AvgIpc) is 2.87. The number of hydrogen-bond acceptors (Lipinski definition) is 3. The number of hydrogen-bond donors (Lipinski definition) is 2.